The average molecular weight is 269 g/mol. The predicted octanol–water partition coefficient (Wildman–Crippen LogP) is 3.25. The lowest BCUT2D eigenvalue weighted by Crippen LogP contribution is -2.12. The van der Waals surface area contributed by atoms with E-state index in [1.165, 1.54) is 18.2 Å². The Balaban J connectivity index is 1.71. The summed E-state index contributed by atoms with van der Waals surface area (Å²) in [6, 6.07) is 13.9. The number of nitriles is 1. The topological polar surface area (TPSA) is 42.2 Å². The van der Waals surface area contributed by atoms with E-state index in [9.17, 15) is 4.39 Å². The van der Waals surface area contributed by atoms with Crippen LogP contribution < -0.4 is 9.47 Å². The second-order valence-electron chi connectivity index (χ2n) is 4.61. The highest BCUT2D eigenvalue weighted by atomic mass is 19.1. The fourth-order valence-electron chi connectivity index (χ4n) is 2.25. The van der Waals surface area contributed by atoms with Crippen LogP contribution in [0.4, 0.5) is 4.39 Å². The molecule has 0 N–H and O–H groups in total. The van der Waals surface area contributed by atoms with Crippen molar-refractivity contribution in [3.05, 3.63) is 59.4 Å². The molecule has 1 aliphatic heterocycles. The Morgan fingerprint density at radius 1 is 1.30 bits per heavy atom. The minimum absolute atomic E-state index is 0.0984. The molecule has 4 heteroatoms. The van der Waals surface area contributed by atoms with Crippen LogP contribution in [0.1, 0.15) is 17.0 Å². The van der Waals surface area contributed by atoms with Gasteiger partial charge in [-0.05, 0) is 24.3 Å². The molecule has 20 heavy (non-hydrogen) atoms. The van der Waals surface area contributed by atoms with Crippen LogP contribution in [0.3, 0.4) is 0 Å². The molecule has 0 saturated carbocycles. The maximum Gasteiger partial charge on any atom is 0.166 e. The molecule has 2 aromatic carbocycles. The number of nitrogens with zero attached hydrogens (tertiary/aromatic N) is 1. The first kappa shape index (κ1) is 12.5. The monoisotopic (exact) mass is 269 g/mol. The van der Waals surface area contributed by atoms with Crippen molar-refractivity contribution in [2.45, 2.75) is 5.92 Å². The van der Waals surface area contributed by atoms with Gasteiger partial charge in [0.05, 0.1) is 30.8 Å². The van der Waals surface area contributed by atoms with Crippen LogP contribution >= 0.6 is 0 Å². The molecule has 0 saturated heterocycles. The van der Waals surface area contributed by atoms with E-state index in [0.717, 1.165) is 11.3 Å². The fraction of sp³-hybridized carbons (Fsp3) is 0.188. The Hall–Kier alpha value is -2.54. The highest BCUT2D eigenvalue weighted by Gasteiger charge is 2.24. The van der Waals surface area contributed by atoms with E-state index < -0.39 is 5.82 Å². The molecule has 2 aromatic rings. The fourth-order valence-corrected chi connectivity index (χ4v) is 2.25. The summed E-state index contributed by atoms with van der Waals surface area (Å²) in [6.07, 6.45) is 0. The summed E-state index contributed by atoms with van der Waals surface area (Å²) < 4.78 is 24.8. The Labute approximate surface area is 116 Å². The molecule has 0 amide bonds. The number of ether oxygens (including phenoxy) is 2. The zero-order chi connectivity index (χ0) is 13.9. The molecule has 0 bridgehead atoms. The van der Waals surface area contributed by atoms with Gasteiger partial charge >= 0.3 is 0 Å². The van der Waals surface area contributed by atoms with Gasteiger partial charge in [-0.3, -0.25) is 0 Å². The molecule has 3 nitrogen and oxygen atoms in total. The van der Waals surface area contributed by atoms with Crippen LogP contribution in [0.5, 0.6) is 11.5 Å². The van der Waals surface area contributed by atoms with Gasteiger partial charge in [0.25, 0.3) is 0 Å². The normalized spacial score (nSPS) is 16.1. The van der Waals surface area contributed by atoms with Gasteiger partial charge in [-0.1, -0.05) is 18.2 Å². The number of hydrogen-bond donors (Lipinski definition) is 0. The van der Waals surface area contributed by atoms with Crippen LogP contribution in [0.25, 0.3) is 0 Å². The largest absolute Gasteiger partial charge is 0.493 e. The van der Waals surface area contributed by atoms with Gasteiger partial charge in [0.2, 0.25) is 0 Å². The highest BCUT2D eigenvalue weighted by Crippen LogP contribution is 2.34. The second-order valence-corrected chi connectivity index (χ2v) is 4.61. The van der Waals surface area contributed by atoms with Crippen LogP contribution in [0.15, 0.2) is 42.5 Å². The molecule has 3 rings (SSSR count). The van der Waals surface area contributed by atoms with Crippen molar-refractivity contribution in [2.24, 2.45) is 0 Å². The van der Waals surface area contributed by atoms with Crippen LogP contribution in [0.2, 0.25) is 0 Å². The van der Waals surface area contributed by atoms with Crippen molar-refractivity contribution in [1.29, 1.82) is 5.26 Å². The Bertz CT molecular complexity index is 678. The minimum atomic E-state index is -0.517. The molecule has 100 valence electrons. The minimum Gasteiger partial charge on any atom is -0.493 e. The zero-order valence-corrected chi connectivity index (χ0v) is 10.7. The first-order valence-corrected chi connectivity index (χ1v) is 6.32. The van der Waals surface area contributed by atoms with Gasteiger partial charge in [-0.2, -0.15) is 5.26 Å². The molecule has 0 aliphatic carbocycles. The van der Waals surface area contributed by atoms with Crippen molar-refractivity contribution in [3.63, 3.8) is 0 Å². The molecule has 0 aromatic heterocycles. The summed E-state index contributed by atoms with van der Waals surface area (Å²) in [6.45, 7) is 0.886. The molecule has 0 spiro atoms. The quantitative estimate of drug-likeness (QED) is 0.859. The van der Waals surface area contributed by atoms with Gasteiger partial charge in [-0.25, -0.2) is 4.39 Å². The van der Waals surface area contributed by atoms with Crippen molar-refractivity contribution in [2.75, 3.05) is 13.2 Å². The SMILES string of the molecule is N#Cc1ccc(OCC2COc3ccccc32)c(F)c1. The predicted molar refractivity (Wildman–Crippen MR) is 71.3 cm³/mol. The number of rotatable bonds is 3. The zero-order valence-electron chi connectivity index (χ0n) is 10.7. The first-order valence-electron chi connectivity index (χ1n) is 6.32. The van der Waals surface area contributed by atoms with Crippen LogP contribution in [-0.2, 0) is 0 Å². The number of para-hydroxylation sites is 1. The van der Waals surface area contributed by atoms with Gasteiger partial charge in [0.1, 0.15) is 5.75 Å². The van der Waals surface area contributed by atoms with Crippen molar-refractivity contribution in [3.8, 4) is 17.6 Å². The van der Waals surface area contributed by atoms with E-state index in [1.54, 1.807) is 0 Å². The van der Waals surface area contributed by atoms with Gasteiger partial charge in [0.15, 0.2) is 11.6 Å². The summed E-state index contributed by atoms with van der Waals surface area (Å²) in [7, 11) is 0. The van der Waals surface area contributed by atoms with E-state index in [1.807, 2.05) is 30.3 Å². The molecule has 1 aliphatic rings. The summed E-state index contributed by atoms with van der Waals surface area (Å²) in [5, 5.41) is 8.69. The first-order chi connectivity index (χ1) is 9.78. The molecule has 0 radical (unpaired) electrons. The third-order valence-corrected chi connectivity index (χ3v) is 3.30. The Morgan fingerprint density at radius 3 is 2.95 bits per heavy atom. The van der Waals surface area contributed by atoms with E-state index in [-0.39, 0.29) is 17.2 Å². The van der Waals surface area contributed by atoms with Gasteiger partial charge < -0.3 is 9.47 Å². The summed E-state index contributed by atoms with van der Waals surface area (Å²) in [5.41, 5.74) is 1.37. The molecule has 0 fully saturated rings. The molecule has 1 atom stereocenters. The lowest BCUT2D eigenvalue weighted by Gasteiger charge is -2.11. The summed E-state index contributed by atoms with van der Waals surface area (Å²) in [4.78, 5) is 0. The summed E-state index contributed by atoms with van der Waals surface area (Å²) >= 11 is 0. The van der Waals surface area contributed by atoms with Crippen molar-refractivity contribution >= 4 is 0 Å². The lowest BCUT2D eigenvalue weighted by atomic mass is 10.0. The third-order valence-electron chi connectivity index (χ3n) is 3.30. The van der Waals surface area contributed by atoms with Crippen LogP contribution in [-0.4, -0.2) is 13.2 Å². The summed E-state index contributed by atoms with van der Waals surface area (Å²) in [5.74, 6) is 0.604. The smallest absolute Gasteiger partial charge is 0.166 e. The van der Waals surface area contributed by atoms with Crippen molar-refractivity contribution < 1.29 is 13.9 Å². The van der Waals surface area contributed by atoms with Crippen molar-refractivity contribution in [1.82, 2.24) is 0 Å². The molecular formula is C16H12FNO2. The number of benzene rings is 2. The highest BCUT2D eigenvalue weighted by molar-refractivity contribution is 5.40. The lowest BCUT2D eigenvalue weighted by molar-refractivity contribution is 0.241. The standard InChI is InChI=1S/C16H12FNO2/c17-14-7-11(8-18)5-6-16(14)20-10-12-9-19-15-4-2-1-3-13(12)15/h1-7,12H,9-10H2. The Kier molecular flexibility index (Phi) is 3.26. The van der Waals surface area contributed by atoms with Gasteiger partial charge in [0, 0.05) is 5.56 Å². The number of halogens is 1. The molecule has 1 unspecified atom stereocenters. The van der Waals surface area contributed by atoms with E-state index in [0.29, 0.717) is 13.2 Å². The number of fused-ring (bicyclic) bond motifs is 1. The third kappa shape index (κ3) is 2.30. The van der Waals surface area contributed by atoms with E-state index in [2.05, 4.69) is 0 Å². The Morgan fingerprint density at radius 2 is 2.15 bits per heavy atom. The maximum atomic E-state index is 13.7. The maximum absolute atomic E-state index is 13.7. The van der Waals surface area contributed by atoms with E-state index in [4.69, 9.17) is 14.7 Å². The molecule has 1 heterocycles. The number of hydrogen-bond acceptors (Lipinski definition) is 3. The van der Waals surface area contributed by atoms with Gasteiger partial charge in [-0.15, -0.1) is 0 Å². The average Bonchev–Trinajstić information content (AvgIpc) is 2.89. The molecular weight excluding hydrogens is 257 g/mol. The second kappa shape index (κ2) is 5.22. The van der Waals surface area contributed by atoms with Crippen LogP contribution in [0, 0.1) is 17.1 Å². The van der Waals surface area contributed by atoms with E-state index >= 15 is 0 Å².